The van der Waals surface area contributed by atoms with Gasteiger partial charge in [-0.25, -0.2) is 0 Å². The number of ether oxygens (including phenoxy) is 1. The van der Waals surface area contributed by atoms with Crippen LogP contribution in [-0.4, -0.2) is 77.1 Å². The SMILES string of the molecule is Nc1ncnc2c1ncn2C1OC(COP(=O)(O)O[Se](=O)(=O)O)C(O)C1O. The van der Waals surface area contributed by atoms with E-state index >= 15 is 0 Å². The summed E-state index contributed by atoms with van der Waals surface area (Å²) < 4.78 is 55.7. The van der Waals surface area contributed by atoms with Crippen molar-refractivity contribution in [1.29, 1.82) is 0 Å². The van der Waals surface area contributed by atoms with E-state index in [0.29, 0.717) is 0 Å². The van der Waals surface area contributed by atoms with E-state index in [-0.39, 0.29) is 17.0 Å². The van der Waals surface area contributed by atoms with Gasteiger partial charge in [-0.05, 0) is 0 Å². The number of nitrogens with zero attached hydrogens (tertiary/aromatic N) is 4. The Morgan fingerprint density at radius 3 is 2.67 bits per heavy atom. The normalized spacial score (nSPS) is 28.4. The fourth-order valence-electron chi connectivity index (χ4n) is 2.46. The first kappa shape index (κ1) is 20.2. The van der Waals surface area contributed by atoms with Gasteiger partial charge in [0.25, 0.3) is 0 Å². The number of anilines is 1. The van der Waals surface area contributed by atoms with E-state index in [1.54, 1.807) is 0 Å². The Morgan fingerprint density at radius 2 is 2.00 bits per heavy atom. The van der Waals surface area contributed by atoms with Crippen LogP contribution in [0.1, 0.15) is 6.23 Å². The number of imidazole rings is 1. The van der Waals surface area contributed by atoms with E-state index in [4.69, 9.17) is 14.7 Å². The van der Waals surface area contributed by atoms with E-state index in [0.717, 1.165) is 6.33 Å². The molecule has 150 valence electrons. The zero-order valence-electron chi connectivity index (χ0n) is 13.1. The molecule has 27 heavy (non-hydrogen) atoms. The van der Waals surface area contributed by atoms with Crippen LogP contribution < -0.4 is 5.73 Å². The Morgan fingerprint density at radius 1 is 1.30 bits per heavy atom. The van der Waals surface area contributed by atoms with Gasteiger partial charge in [0.2, 0.25) is 0 Å². The fourth-order valence-corrected chi connectivity index (χ4v) is 4.85. The molecule has 1 aliphatic rings. The molecular formula is C10H14N5O10PSe. The molecule has 1 saturated heterocycles. The van der Waals surface area contributed by atoms with Crippen LogP contribution in [0.4, 0.5) is 5.82 Å². The molecular weight excluding hydrogens is 460 g/mol. The van der Waals surface area contributed by atoms with Crippen LogP contribution in [0.2, 0.25) is 0 Å². The van der Waals surface area contributed by atoms with E-state index in [2.05, 4.69) is 23.1 Å². The van der Waals surface area contributed by atoms with Gasteiger partial charge in [0.1, 0.15) is 0 Å². The number of fused-ring (bicyclic) bond motifs is 1. The molecule has 1 fully saturated rings. The average molecular weight is 474 g/mol. The van der Waals surface area contributed by atoms with E-state index < -0.39 is 52.3 Å². The fraction of sp³-hybridized carbons (Fsp3) is 0.500. The molecule has 6 N–H and O–H groups in total. The van der Waals surface area contributed by atoms with Gasteiger partial charge in [-0.2, -0.15) is 0 Å². The Balaban J connectivity index is 1.76. The maximum atomic E-state index is 11.4. The molecule has 1 aliphatic heterocycles. The van der Waals surface area contributed by atoms with Gasteiger partial charge >= 0.3 is 152 Å². The first-order valence-electron chi connectivity index (χ1n) is 7.09. The topological polar surface area (TPSA) is 229 Å². The van der Waals surface area contributed by atoms with Crippen LogP contribution in [0.15, 0.2) is 12.7 Å². The number of nitrogens with two attached hydrogens (primary N) is 1. The summed E-state index contributed by atoms with van der Waals surface area (Å²) in [5, 5.41) is 20.3. The van der Waals surface area contributed by atoms with Crippen molar-refractivity contribution in [2.75, 3.05) is 12.3 Å². The zero-order valence-corrected chi connectivity index (χ0v) is 15.7. The minimum absolute atomic E-state index is 0.0810. The Hall–Kier alpha value is -1.58. The molecule has 0 aliphatic carbocycles. The molecule has 2 aromatic rings. The van der Waals surface area contributed by atoms with Crippen LogP contribution in [0, 0.1) is 0 Å². The second-order valence-corrected chi connectivity index (χ2v) is 9.47. The number of phosphoric ester groups is 1. The van der Waals surface area contributed by atoms with Crippen LogP contribution in [0.3, 0.4) is 0 Å². The summed E-state index contributed by atoms with van der Waals surface area (Å²) in [6.45, 7) is -0.834. The molecule has 0 aromatic carbocycles. The van der Waals surface area contributed by atoms with Crippen molar-refractivity contribution in [3.05, 3.63) is 12.7 Å². The number of hydrogen-bond acceptors (Lipinski definition) is 12. The van der Waals surface area contributed by atoms with Crippen LogP contribution in [-0.2, 0) is 25.1 Å². The minimum atomic E-state index is -6.00. The zero-order chi connectivity index (χ0) is 20.0. The van der Waals surface area contributed by atoms with Crippen molar-refractivity contribution in [2.45, 2.75) is 24.5 Å². The van der Waals surface area contributed by atoms with Gasteiger partial charge < -0.3 is 0 Å². The van der Waals surface area contributed by atoms with Crippen LogP contribution in [0.25, 0.3) is 11.2 Å². The van der Waals surface area contributed by atoms with Crippen LogP contribution in [0.5, 0.6) is 0 Å². The van der Waals surface area contributed by atoms with Crippen molar-refractivity contribution >= 4 is 38.2 Å². The van der Waals surface area contributed by atoms with Crippen molar-refractivity contribution in [3.63, 3.8) is 0 Å². The van der Waals surface area contributed by atoms with E-state index in [9.17, 15) is 27.3 Å². The van der Waals surface area contributed by atoms with Gasteiger partial charge in [0.05, 0.1) is 0 Å². The quantitative estimate of drug-likeness (QED) is 0.214. The standard InChI is InChI=1S/C10H14N5O10PSe/c11-8-5-9(13-2-12-8)15(3-14-5)10-7(17)6(16)4(24-10)1-23-26(18,19)25-27(20,21)22/h2-4,6-7,10,16-17H,1H2,(H,18,19)(H2,11,12,13)(H,20,21,22). The van der Waals surface area contributed by atoms with E-state index in [1.807, 2.05) is 0 Å². The second kappa shape index (κ2) is 7.10. The Kier molecular flexibility index (Phi) is 5.30. The summed E-state index contributed by atoms with van der Waals surface area (Å²) in [7, 11) is -5.17. The van der Waals surface area contributed by atoms with Gasteiger partial charge in [-0.1, -0.05) is 0 Å². The van der Waals surface area contributed by atoms with Crippen molar-refractivity contribution < 1.29 is 44.4 Å². The summed E-state index contributed by atoms with van der Waals surface area (Å²) in [5.74, 6) is 0.0810. The third-order valence-electron chi connectivity index (χ3n) is 3.59. The molecule has 3 rings (SSSR count). The van der Waals surface area contributed by atoms with Crippen molar-refractivity contribution in [2.24, 2.45) is 0 Å². The molecule has 0 radical (unpaired) electrons. The Labute approximate surface area is 152 Å². The third-order valence-corrected chi connectivity index (χ3v) is 6.81. The number of rotatable bonds is 6. The summed E-state index contributed by atoms with van der Waals surface area (Å²) in [5.41, 5.74) is 6.09. The first-order valence-corrected chi connectivity index (χ1v) is 11.4. The second-order valence-electron chi connectivity index (χ2n) is 5.40. The molecule has 0 bridgehead atoms. The number of aliphatic hydroxyl groups excluding tert-OH is 2. The number of hydrogen-bond donors (Lipinski definition) is 5. The van der Waals surface area contributed by atoms with Gasteiger partial charge in [-0.3, -0.25) is 0 Å². The predicted molar refractivity (Wildman–Crippen MR) is 81.9 cm³/mol. The first-order chi connectivity index (χ1) is 12.5. The molecule has 3 heterocycles. The molecule has 0 amide bonds. The number of phosphoric acid groups is 1. The number of aromatic nitrogens is 4. The van der Waals surface area contributed by atoms with Gasteiger partial charge in [0.15, 0.2) is 0 Å². The molecule has 5 unspecified atom stereocenters. The summed E-state index contributed by atoms with van der Waals surface area (Å²) in [4.78, 5) is 20.9. The number of nitrogen functional groups attached to an aromatic ring is 1. The van der Waals surface area contributed by atoms with Gasteiger partial charge in [-0.15, -0.1) is 0 Å². The average Bonchev–Trinajstić information content (AvgIpc) is 3.07. The molecule has 0 saturated carbocycles. The van der Waals surface area contributed by atoms with Gasteiger partial charge in [0, 0.05) is 0 Å². The Bertz CT molecular complexity index is 997. The summed E-state index contributed by atoms with van der Waals surface area (Å²) in [6, 6.07) is 0. The van der Waals surface area contributed by atoms with Crippen LogP contribution >= 0.6 is 7.82 Å². The van der Waals surface area contributed by atoms with Crippen molar-refractivity contribution in [3.8, 4) is 0 Å². The predicted octanol–water partition coefficient (Wildman–Crippen LogP) is -2.55. The molecule has 2 aromatic heterocycles. The van der Waals surface area contributed by atoms with E-state index in [1.165, 1.54) is 10.9 Å². The maximum absolute atomic E-state index is 11.4. The molecule has 15 nitrogen and oxygen atoms in total. The number of aliphatic hydroxyl groups is 2. The van der Waals surface area contributed by atoms with Crippen molar-refractivity contribution in [1.82, 2.24) is 19.5 Å². The third kappa shape index (κ3) is 4.30. The monoisotopic (exact) mass is 475 g/mol. The molecule has 0 spiro atoms. The summed E-state index contributed by atoms with van der Waals surface area (Å²) in [6.07, 6.45) is -3.26. The molecule has 5 atom stereocenters. The summed E-state index contributed by atoms with van der Waals surface area (Å²) >= 11 is -6.00. The molecule has 17 heteroatoms.